The molecular formula is C34H27ClN2O3. The zero-order valence-corrected chi connectivity index (χ0v) is 22.6. The van der Waals surface area contributed by atoms with Gasteiger partial charge in [0.25, 0.3) is 11.8 Å². The number of hydrogen-bond donors (Lipinski definition) is 0. The van der Waals surface area contributed by atoms with Crippen molar-refractivity contribution in [1.82, 2.24) is 9.47 Å². The highest BCUT2D eigenvalue weighted by Crippen LogP contribution is 2.44. The molecule has 4 aromatic carbocycles. The molecule has 7 rings (SSSR count). The molecular weight excluding hydrogens is 520 g/mol. The molecule has 5 nitrogen and oxygen atoms in total. The summed E-state index contributed by atoms with van der Waals surface area (Å²) in [5.41, 5.74) is 5.80. The molecule has 0 bridgehead atoms. The van der Waals surface area contributed by atoms with Gasteiger partial charge in [-0.1, -0.05) is 84.4 Å². The van der Waals surface area contributed by atoms with Gasteiger partial charge in [-0.15, -0.1) is 0 Å². The van der Waals surface area contributed by atoms with Crippen LogP contribution in [-0.4, -0.2) is 34.4 Å². The van der Waals surface area contributed by atoms with Crippen molar-refractivity contribution in [2.45, 2.75) is 25.0 Å². The van der Waals surface area contributed by atoms with Crippen molar-refractivity contribution in [3.63, 3.8) is 0 Å². The van der Waals surface area contributed by atoms with Gasteiger partial charge in [0.1, 0.15) is 0 Å². The van der Waals surface area contributed by atoms with E-state index in [0.717, 1.165) is 24.0 Å². The molecule has 1 fully saturated rings. The molecule has 40 heavy (non-hydrogen) atoms. The number of ether oxygens (including phenoxy) is 1. The molecule has 0 N–H and O–H groups in total. The summed E-state index contributed by atoms with van der Waals surface area (Å²) in [6.07, 6.45) is 3.16. The smallest absolute Gasteiger partial charge is 0.262 e. The fraction of sp³-hybridized carbons (Fsp3) is 0.176. The minimum atomic E-state index is -0.325. The summed E-state index contributed by atoms with van der Waals surface area (Å²) in [4.78, 5) is 29.6. The highest BCUT2D eigenvalue weighted by atomic mass is 35.5. The second-order valence-corrected chi connectivity index (χ2v) is 11.0. The highest BCUT2D eigenvalue weighted by molar-refractivity contribution is 6.31. The molecule has 2 aliphatic rings. The minimum absolute atomic E-state index is 0.0851. The van der Waals surface area contributed by atoms with E-state index in [2.05, 4.69) is 18.2 Å². The van der Waals surface area contributed by atoms with E-state index < -0.39 is 0 Å². The summed E-state index contributed by atoms with van der Waals surface area (Å²) in [5, 5.41) is 1.22. The van der Waals surface area contributed by atoms with Gasteiger partial charge in [0.05, 0.1) is 23.3 Å². The van der Waals surface area contributed by atoms with E-state index >= 15 is 0 Å². The largest absolute Gasteiger partial charge is 0.365 e. The normalized spacial score (nSPS) is 15.9. The second kappa shape index (κ2) is 9.77. The predicted molar refractivity (Wildman–Crippen MR) is 157 cm³/mol. The third kappa shape index (κ3) is 4.14. The molecule has 6 heteroatoms. The monoisotopic (exact) mass is 546 g/mol. The molecule has 1 aromatic heterocycles. The maximum atomic E-state index is 13.9. The van der Waals surface area contributed by atoms with Gasteiger partial charge in [-0.05, 0) is 59.4 Å². The first-order valence-electron chi connectivity index (χ1n) is 13.5. The zero-order valence-electron chi connectivity index (χ0n) is 21.8. The number of piperidine rings is 1. The second-order valence-electron chi connectivity index (χ2n) is 10.6. The standard InChI is InChI=1S/C34H27ClN2O3/c35-27-13-14-28-29(33(39)36-17-15-34(16-18-36)30-12-5-4-9-26(30)22-40-34)21-37(31(28)20-27)32(38)25-11-6-10-24(19-25)23-7-2-1-3-8-23/h1-14,19-21H,15-18,22H2. The fourth-order valence-electron chi connectivity index (χ4n) is 6.18. The average molecular weight is 547 g/mol. The molecule has 3 heterocycles. The van der Waals surface area contributed by atoms with Crippen molar-refractivity contribution in [2.24, 2.45) is 0 Å². The van der Waals surface area contributed by atoms with E-state index in [9.17, 15) is 9.59 Å². The number of benzene rings is 4. The van der Waals surface area contributed by atoms with Gasteiger partial charge in [0, 0.05) is 35.3 Å². The van der Waals surface area contributed by atoms with Crippen LogP contribution in [0.1, 0.15) is 44.7 Å². The fourth-order valence-corrected chi connectivity index (χ4v) is 6.35. The molecule has 0 unspecified atom stereocenters. The average Bonchev–Trinajstić information content (AvgIpc) is 3.56. The van der Waals surface area contributed by atoms with Crippen LogP contribution in [0, 0.1) is 0 Å². The Morgan fingerprint density at radius 2 is 1.52 bits per heavy atom. The van der Waals surface area contributed by atoms with Gasteiger partial charge < -0.3 is 9.64 Å². The maximum Gasteiger partial charge on any atom is 0.262 e. The topological polar surface area (TPSA) is 51.5 Å². The van der Waals surface area contributed by atoms with Crippen LogP contribution in [-0.2, 0) is 16.9 Å². The number of aromatic nitrogens is 1. The van der Waals surface area contributed by atoms with Crippen molar-refractivity contribution in [2.75, 3.05) is 13.1 Å². The Kier molecular flexibility index (Phi) is 6.06. The molecule has 198 valence electrons. The van der Waals surface area contributed by atoms with Crippen LogP contribution in [0.4, 0.5) is 0 Å². The summed E-state index contributed by atoms with van der Waals surface area (Å²) in [6.45, 7) is 1.78. The van der Waals surface area contributed by atoms with Crippen LogP contribution in [0.5, 0.6) is 0 Å². The Balaban J connectivity index is 1.20. The van der Waals surface area contributed by atoms with Crippen LogP contribution in [0.2, 0.25) is 5.02 Å². The van der Waals surface area contributed by atoms with E-state index in [0.29, 0.717) is 46.7 Å². The van der Waals surface area contributed by atoms with E-state index in [1.807, 2.05) is 65.6 Å². The van der Waals surface area contributed by atoms with E-state index in [1.165, 1.54) is 11.1 Å². The molecule has 1 spiro atoms. The lowest BCUT2D eigenvalue weighted by Gasteiger charge is -2.39. The SMILES string of the molecule is O=C(c1cn(C(=O)c2cccc(-c3ccccc3)c2)c2cc(Cl)ccc12)N1CCC2(CC1)OCc1ccccc12. The lowest BCUT2D eigenvalue weighted by atomic mass is 9.83. The number of nitrogens with zero attached hydrogens (tertiary/aromatic N) is 2. The number of hydrogen-bond acceptors (Lipinski definition) is 3. The van der Waals surface area contributed by atoms with Gasteiger partial charge in [-0.2, -0.15) is 0 Å². The Bertz CT molecular complexity index is 1770. The van der Waals surface area contributed by atoms with Crippen LogP contribution in [0.15, 0.2) is 103 Å². The minimum Gasteiger partial charge on any atom is -0.365 e. The lowest BCUT2D eigenvalue weighted by molar-refractivity contribution is -0.0741. The maximum absolute atomic E-state index is 13.9. The van der Waals surface area contributed by atoms with Crippen LogP contribution in [0.3, 0.4) is 0 Å². The molecule has 0 aliphatic carbocycles. The van der Waals surface area contributed by atoms with Crippen molar-refractivity contribution in [3.8, 4) is 11.1 Å². The first kappa shape index (κ1) is 24.8. The van der Waals surface area contributed by atoms with Crippen molar-refractivity contribution in [1.29, 1.82) is 0 Å². The Morgan fingerprint density at radius 3 is 2.35 bits per heavy atom. The first-order chi connectivity index (χ1) is 19.5. The van der Waals surface area contributed by atoms with E-state index in [-0.39, 0.29) is 17.4 Å². The number of likely N-dealkylation sites (tertiary alicyclic amines) is 1. The van der Waals surface area contributed by atoms with E-state index in [1.54, 1.807) is 29.0 Å². The molecule has 0 radical (unpaired) electrons. The first-order valence-corrected chi connectivity index (χ1v) is 13.9. The summed E-state index contributed by atoms with van der Waals surface area (Å²) < 4.78 is 7.85. The van der Waals surface area contributed by atoms with Crippen LogP contribution in [0.25, 0.3) is 22.0 Å². The molecule has 0 saturated carbocycles. The van der Waals surface area contributed by atoms with Gasteiger partial charge in [0.15, 0.2) is 0 Å². The number of rotatable bonds is 3. The number of amides is 1. The van der Waals surface area contributed by atoms with Gasteiger partial charge >= 0.3 is 0 Å². The van der Waals surface area contributed by atoms with Crippen LogP contribution >= 0.6 is 11.6 Å². The van der Waals surface area contributed by atoms with E-state index in [4.69, 9.17) is 16.3 Å². The Labute approximate surface area is 237 Å². The van der Waals surface area contributed by atoms with Gasteiger partial charge in [0.2, 0.25) is 0 Å². The van der Waals surface area contributed by atoms with Gasteiger partial charge in [-0.3, -0.25) is 14.2 Å². The van der Waals surface area contributed by atoms with Crippen molar-refractivity contribution < 1.29 is 14.3 Å². The highest BCUT2D eigenvalue weighted by Gasteiger charge is 2.43. The summed E-state index contributed by atoms with van der Waals surface area (Å²) >= 11 is 6.36. The molecule has 1 saturated heterocycles. The van der Waals surface area contributed by atoms with Crippen LogP contribution < -0.4 is 0 Å². The molecule has 5 aromatic rings. The van der Waals surface area contributed by atoms with Gasteiger partial charge in [-0.25, -0.2) is 0 Å². The van der Waals surface area contributed by atoms with Crippen molar-refractivity contribution in [3.05, 3.63) is 131 Å². The number of carbonyl (C=O) groups excluding carboxylic acids is 2. The summed E-state index contributed by atoms with van der Waals surface area (Å²) in [5.74, 6) is -0.296. The number of fused-ring (bicyclic) bond motifs is 3. The number of halogens is 1. The molecule has 0 atom stereocenters. The zero-order chi connectivity index (χ0) is 27.3. The number of carbonyl (C=O) groups is 2. The molecule has 2 aliphatic heterocycles. The quantitative estimate of drug-likeness (QED) is 0.238. The summed E-state index contributed by atoms with van der Waals surface area (Å²) in [6, 6.07) is 31.2. The third-order valence-corrected chi connectivity index (χ3v) is 8.54. The molecule has 1 amide bonds. The summed E-state index contributed by atoms with van der Waals surface area (Å²) in [7, 11) is 0. The lowest BCUT2D eigenvalue weighted by Crippen LogP contribution is -2.45. The van der Waals surface area contributed by atoms with Crippen molar-refractivity contribution >= 4 is 34.3 Å². The Morgan fingerprint density at radius 1 is 0.775 bits per heavy atom. The third-order valence-electron chi connectivity index (χ3n) is 8.30. The predicted octanol–water partition coefficient (Wildman–Crippen LogP) is 7.31. The Hall–Kier alpha value is -4.19.